The van der Waals surface area contributed by atoms with Gasteiger partial charge in [-0.2, -0.15) is 0 Å². The Hall–Kier alpha value is -0.860. The van der Waals surface area contributed by atoms with Gasteiger partial charge in [0.25, 0.3) is 0 Å². The van der Waals surface area contributed by atoms with Gasteiger partial charge in [-0.25, -0.2) is 0 Å². The van der Waals surface area contributed by atoms with Gasteiger partial charge in [-0.05, 0) is 44.8 Å². The van der Waals surface area contributed by atoms with Crippen LogP contribution in [0.5, 0.6) is 0 Å². The highest BCUT2D eigenvalue weighted by molar-refractivity contribution is 9.08. The van der Waals surface area contributed by atoms with Crippen molar-refractivity contribution < 1.29 is 0 Å². The summed E-state index contributed by atoms with van der Waals surface area (Å²) < 4.78 is 0. The van der Waals surface area contributed by atoms with Crippen molar-refractivity contribution in [1.29, 1.82) is 0 Å². The molecule has 0 spiro atoms. The van der Waals surface area contributed by atoms with Crippen LogP contribution in [0.25, 0.3) is 21.5 Å². The fourth-order valence-electron chi connectivity index (χ4n) is 2.26. The molecule has 18 heavy (non-hydrogen) atoms. The zero-order valence-corrected chi connectivity index (χ0v) is 13.0. The Bertz CT molecular complexity index is 653. The fourth-order valence-corrected chi connectivity index (χ4v) is 2.96. The first-order chi connectivity index (χ1) is 8.80. The molecule has 0 heterocycles. The normalized spacial score (nSPS) is 11.2. The van der Waals surface area contributed by atoms with Crippen molar-refractivity contribution in [3.63, 3.8) is 0 Å². The van der Waals surface area contributed by atoms with Gasteiger partial charge in [0.05, 0.1) is 0 Å². The standard InChI is InChI=1S/C16H12Br2/c17-9-11-1-3-13-7-16-6-12(10-18)2-4-14(16)8-15(13)5-11/h1-8H,9-10H2. The minimum absolute atomic E-state index is 0.906. The Balaban J connectivity index is 2.28. The molecule has 0 atom stereocenters. The van der Waals surface area contributed by atoms with E-state index < -0.39 is 0 Å². The van der Waals surface area contributed by atoms with Gasteiger partial charge in [-0.3, -0.25) is 0 Å². The van der Waals surface area contributed by atoms with Gasteiger partial charge in [0, 0.05) is 10.7 Å². The summed E-state index contributed by atoms with van der Waals surface area (Å²) in [6.45, 7) is 0. The van der Waals surface area contributed by atoms with Crippen LogP contribution in [0.3, 0.4) is 0 Å². The van der Waals surface area contributed by atoms with Gasteiger partial charge >= 0.3 is 0 Å². The smallest absolute Gasteiger partial charge is 0.0283 e. The number of benzene rings is 3. The molecule has 0 aromatic heterocycles. The third-order valence-corrected chi connectivity index (χ3v) is 4.53. The third kappa shape index (κ3) is 2.19. The van der Waals surface area contributed by atoms with Crippen molar-refractivity contribution in [2.75, 3.05) is 0 Å². The first kappa shape index (κ1) is 12.2. The van der Waals surface area contributed by atoms with Crippen LogP contribution in [0.2, 0.25) is 0 Å². The maximum absolute atomic E-state index is 3.51. The number of hydrogen-bond donors (Lipinski definition) is 0. The summed E-state index contributed by atoms with van der Waals surface area (Å²) in [6, 6.07) is 17.8. The van der Waals surface area contributed by atoms with Crippen LogP contribution >= 0.6 is 31.9 Å². The Morgan fingerprint density at radius 3 is 1.39 bits per heavy atom. The molecule has 3 rings (SSSR count). The molecule has 2 heteroatoms. The minimum atomic E-state index is 0.906. The average molecular weight is 364 g/mol. The van der Waals surface area contributed by atoms with Crippen molar-refractivity contribution in [3.8, 4) is 0 Å². The summed E-state index contributed by atoms with van der Waals surface area (Å²) >= 11 is 7.01. The number of rotatable bonds is 2. The van der Waals surface area contributed by atoms with Gasteiger partial charge in [0.2, 0.25) is 0 Å². The van der Waals surface area contributed by atoms with Crippen LogP contribution in [-0.2, 0) is 10.7 Å². The molecule has 3 aromatic carbocycles. The van der Waals surface area contributed by atoms with Crippen molar-refractivity contribution in [3.05, 3.63) is 59.7 Å². The maximum Gasteiger partial charge on any atom is 0.0283 e. The molecule has 0 aliphatic heterocycles. The molecule has 0 N–H and O–H groups in total. The summed E-state index contributed by atoms with van der Waals surface area (Å²) in [7, 11) is 0. The molecule has 0 radical (unpaired) electrons. The van der Waals surface area contributed by atoms with E-state index in [1.54, 1.807) is 0 Å². The molecule has 3 aromatic rings. The fraction of sp³-hybridized carbons (Fsp3) is 0.125. The first-order valence-corrected chi connectivity index (χ1v) is 8.12. The Morgan fingerprint density at radius 1 is 0.556 bits per heavy atom. The van der Waals surface area contributed by atoms with E-state index in [0.717, 1.165) is 10.7 Å². The molecule has 0 nitrogen and oxygen atoms in total. The predicted molar refractivity (Wildman–Crippen MR) is 86.7 cm³/mol. The van der Waals surface area contributed by atoms with Crippen LogP contribution in [0.4, 0.5) is 0 Å². The zero-order chi connectivity index (χ0) is 12.5. The minimum Gasteiger partial charge on any atom is -0.0876 e. The topological polar surface area (TPSA) is 0 Å². The molecule has 0 unspecified atom stereocenters. The van der Waals surface area contributed by atoms with Crippen LogP contribution in [0.1, 0.15) is 11.1 Å². The number of hydrogen-bond acceptors (Lipinski definition) is 0. The van der Waals surface area contributed by atoms with Gasteiger partial charge in [-0.1, -0.05) is 68.3 Å². The lowest BCUT2D eigenvalue weighted by molar-refractivity contribution is 1.46. The van der Waals surface area contributed by atoms with E-state index >= 15 is 0 Å². The van der Waals surface area contributed by atoms with Crippen LogP contribution < -0.4 is 0 Å². The Kier molecular flexibility index (Phi) is 3.40. The van der Waals surface area contributed by atoms with E-state index in [0.29, 0.717) is 0 Å². The second-order valence-corrected chi connectivity index (χ2v) is 5.60. The van der Waals surface area contributed by atoms with Crippen molar-refractivity contribution >= 4 is 53.4 Å². The van der Waals surface area contributed by atoms with E-state index in [9.17, 15) is 0 Å². The van der Waals surface area contributed by atoms with E-state index in [1.165, 1.54) is 32.7 Å². The van der Waals surface area contributed by atoms with Crippen molar-refractivity contribution in [1.82, 2.24) is 0 Å². The monoisotopic (exact) mass is 362 g/mol. The quantitative estimate of drug-likeness (QED) is 0.399. The van der Waals surface area contributed by atoms with Crippen LogP contribution in [0, 0.1) is 0 Å². The molecule has 0 bridgehead atoms. The summed E-state index contributed by atoms with van der Waals surface area (Å²) in [5.74, 6) is 0. The molecular formula is C16H12Br2. The van der Waals surface area contributed by atoms with Crippen LogP contribution in [0.15, 0.2) is 48.5 Å². The molecular weight excluding hydrogens is 352 g/mol. The van der Waals surface area contributed by atoms with Gasteiger partial charge in [-0.15, -0.1) is 0 Å². The molecule has 0 amide bonds. The first-order valence-electron chi connectivity index (χ1n) is 5.87. The second-order valence-electron chi connectivity index (χ2n) is 4.48. The van der Waals surface area contributed by atoms with E-state index in [1.807, 2.05) is 0 Å². The molecule has 0 aliphatic rings. The predicted octanol–water partition coefficient (Wildman–Crippen LogP) is 5.78. The Labute approximate surface area is 123 Å². The number of fused-ring (bicyclic) bond motifs is 2. The van der Waals surface area contributed by atoms with Crippen molar-refractivity contribution in [2.45, 2.75) is 10.7 Å². The highest BCUT2D eigenvalue weighted by Gasteiger charge is 2.00. The maximum atomic E-state index is 3.51. The average Bonchev–Trinajstić information content (AvgIpc) is 2.43. The van der Waals surface area contributed by atoms with Crippen LogP contribution in [-0.4, -0.2) is 0 Å². The number of alkyl halides is 2. The molecule has 0 saturated carbocycles. The zero-order valence-electron chi connectivity index (χ0n) is 9.79. The summed E-state index contributed by atoms with van der Waals surface area (Å²) in [5.41, 5.74) is 2.64. The van der Waals surface area contributed by atoms with E-state index in [2.05, 4.69) is 80.4 Å². The molecule has 0 aliphatic carbocycles. The molecule has 0 saturated heterocycles. The number of halogens is 2. The lowest BCUT2D eigenvalue weighted by Crippen LogP contribution is -1.82. The highest BCUT2D eigenvalue weighted by Crippen LogP contribution is 2.25. The summed E-state index contributed by atoms with van der Waals surface area (Å²) in [5, 5.41) is 7.04. The van der Waals surface area contributed by atoms with E-state index in [-0.39, 0.29) is 0 Å². The van der Waals surface area contributed by atoms with Gasteiger partial charge < -0.3 is 0 Å². The Morgan fingerprint density at radius 2 is 1.00 bits per heavy atom. The summed E-state index contributed by atoms with van der Waals surface area (Å²) in [4.78, 5) is 0. The summed E-state index contributed by atoms with van der Waals surface area (Å²) in [6.07, 6.45) is 0. The SMILES string of the molecule is BrCc1ccc2cc3cc(CBr)ccc3cc2c1. The lowest BCUT2D eigenvalue weighted by atomic mass is 10.0. The highest BCUT2D eigenvalue weighted by atomic mass is 79.9. The molecule has 90 valence electrons. The third-order valence-electron chi connectivity index (χ3n) is 3.23. The molecule has 0 fully saturated rings. The van der Waals surface area contributed by atoms with E-state index in [4.69, 9.17) is 0 Å². The lowest BCUT2D eigenvalue weighted by Gasteiger charge is -2.05. The van der Waals surface area contributed by atoms with Crippen molar-refractivity contribution in [2.24, 2.45) is 0 Å². The van der Waals surface area contributed by atoms with Gasteiger partial charge in [0.1, 0.15) is 0 Å². The second kappa shape index (κ2) is 5.02. The van der Waals surface area contributed by atoms with Gasteiger partial charge in [0.15, 0.2) is 0 Å². The largest absolute Gasteiger partial charge is 0.0876 e.